The Kier molecular flexibility index (Phi) is 5.21. The van der Waals surface area contributed by atoms with E-state index in [1.165, 1.54) is 19.6 Å². The highest BCUT2D eigenvalue weighted by Gasteiger charge is 2.18. The third-order valence-electron chi connectivity index (χ3n) is 2.98. The van der Waals surface area contributed by atoms with Crippen LogP contribution in [0.1, 0.15) is 35.4 Å². The molecule has 1 unspecified atom stereocenters. The topological polar surface area (TPSA) is 12.0 Å². The van der Waals surface area contributed by atoms with E-state index in [1.54, 1.807) is 0 Å². The van der Waals surface area contributed by atoms with Gasteiger partial charge in [0, 0.05) is 8.45 Å². The standard InChI is InChI=1S/C15H18INS/c1-3-9-17-14(15-11(2)8-10-18-15)12-6-4-5-7-13(12)16/h4-8,10,14,17H,3,9H2,1-2H3. The minimum Gasteiger partial charge on any atom is -0.306 e. The fourth-order valence-corrected chi connectivity index (χ4v) is 3.74. The molecule has 1 N–H and O–H groups in total. The van der Waals surface area contributed by atoms with Gasteiger partial charge in [0.15, 0.2) is 0 Å². The van der Waals surface area contributed by atoms with Crippen LogP contribution in [0.4, 0.5) is 0 Å². The van der Waals surface area contributed by atoms with E-state index >= 15 is 0 Å². The SMILES string of the molecule is CCCNC(c1ccccc1I)c1sccc1C. The van der Waals surface area contributed by atoms with Gasteiger partial charge in [0.1, 0.15) is 0 Å². The Balaban J connectivity index is 2.37. The van der Waals surface area contributed by atoms with Gasteiger partial charge in [-0.2, -0.15) is 0 Å². The van der Waals surface area contributed by atoms with Gasteiger partial charge in [-0.3, -0.25) is 0 Å². The van der Waals surface area contributed by atoms with Crippen molar-refractivity contribution in [2.45, 2.75) is 26.3 Å². The number of aryl methyl sites for hydroxylation is 1. The number of thiophene rings is 1. The summed E-state index contributed by atoms with van der Waals surface area (Å²) in [4.78, 5) is 1.44. The molecule has 1 aromatic heterocycles. The molecule has 0 aliphatic rings. The molecule has 1 nitrogen and oxygen atoms in total. The Bertz CT molecular complexity index is 507. The van der Waals surface area contributed by atoms with Crippen molar-refractivity contribution < 1.29 is 0 Å². The first kappa shape index (κ1) is 14.0. The third-order valence-corrected chi connectivity index (χ3v) is 5.04. The summed E-state index contributed by atoms with van der Waals surface area (Å²) in [7, 11) is 0. The van der Waals surface area contributed by atoms with Crippen molar-refractivity contribution in [3.05, 3.63) is 55.3 Å². The zero-order valence-corrected chi connectivity index (χ0v) is 13.7. The van der Waals surface area contributed by atoms with E-state index in [-0.39, 0.29) is 0 Å². The van der Waals surface area contributed by atoms with E-state index in [9.17, 15) is 0 Å². The van der Waals surface area contributed by atoms with Crippen molar-refractivity contribution >= 4 is 33.9 Å². The van der Waals surface area contributed by atoms with Crippen LogP contribution in [-0.2, 0) is 0 Å². The second-order valence-corrected chi connectivity index (χ2v) is 6.49. The lowest BCUT2D eigenvalue weighted by atomic mass is 10.0. The first-order chi connectivity index (χ1) is 8.74. The van der Waals surface area contributed by atoms with Crippen LogP contribution in [0.5, 0.6) is 0 Å². The van der Waals surface area contributed by atoms with Crippen LogP contribution in [-0.4, -0.2) is 6.54 Å². The molecular weight excluding hydrogens is 353 g/mol. The van der Waals surface area contributed by atoms with Crippen LogP contribution in [0.15, 0.2) is 35.7 Å². The van der Waals surface area contributed by atoms with Gasteiger partial charge < -0.3 is 5.32 Å². The molecule has 0 radical (unpaired) electrons. The Labute approximate surface area is 127 Å². The van der Waals surface area contributed by atoms with Crippen molar-refractivity contribution in [2.24, 2.45) is 0 Å². The lowest BCUT2D eigenvalue weighted by Crippen LogP contribution is -2.23. The minimum absolute atomic E-state index is 0.332. The summed E-state index contributed by atoms with van der Waals surface area (Å²) in [5.74, 6) is 0. The highest BCUT2D eigenvalue weighted by atomic mass is 127. The van der Waals surface area contributed by atoms with Gasteiger partial charge in [0.25, 0.3) is 0 Å². The molecule has 1 aromatic carbocycles. The number of hydrogen-bond acceptors (Lipinski definition) is 2. The fourth-order valence-electron chi connectivity index (χ4n) is 2.02. The molecule has 0 aliphatic carbocycles. The predicted octanol–water partition coefficient (Wildman–Crippen LogP) is 4.75. The van der Waals surface area contributed by atoms with Gasteiger partial charge in [-0.1, -0.05) is 25.1 Å². The summed E-state index contributed by atoms with van der Waals surface area (Å²) < 4.78 is 1.33. The summed E-state index contributed by atoms with van der Waals surface area (Å²) in [6.45, 7) is 5.45. The Morgan fingerprint density at radius 2 is 2.06 bits per heavy atom. The Morgan fingerprint density at radius 1 is 1.28 bits per heavy atom. The highest BCUT2D eigenvalue weighted by molar-refractivity contribution is 14.1. The maximum absolute atomic E-state index is 3.68. The molecule has 0 bridgehead atoms. The molecule has 2 aromatic rings. The normalized spacial score (nSPS) is 12.6. The first-order valence-electron chi connectivity index (χ1n) is 6.25. The monoisotopic (exact) mass is 371 g/mol. The van der Waals surface area contributed by atoms with E-state index in [1.807, 2.05) is 11.3 Å². The third kappa shape index (κ3) is 3.13. The fraction of sp³-hybridized carbons (Fsp3) is 0.333. The molecule has 2 rings (SSSR count). The number of hydrogen-bond donors (Lipinski definition) is 1. The smallest absolute Gasteiger partial charge is 0.0684 e. The Hall–Kier alpha value is -0.390. The van der Waals surface area contributed by atoms with E-state index in [4.69, 9.17) is 0 Å². The van der Waals surface area contributed by atoms with Gasteiger partial charge in [0.2, 0.25) is 0 Å². The molecular formula is C15H18INS. The molecule has 96 valence electrons. The molecule has 0 aliphatic heterocycles. The van der Waals surface area contributed by atoms with Gasteiger partial charge in [0.05, 0.1) is 6.04 Å². The van der Waals surface area contributed by atoms with E-state index in [0.29, 0.717) is 6.04 Å². The maximum atomic E-state index is 3.68. The van der Waals surface area contributed by atoms with Crippen LogP contribution in [0.25, 0.3) is 0 Å². The number of rotatable bonds is 5. The number of halogens is 1. The summed E-state index contributed by atoms with van der Waals surface area (Å²) in [5.41, 5.74) is 2.77. The molecule has 0 spiro atoms. The summed E-state index contributed by atoms with van der Waals surface area (Å²) in [6.07, 6.45) is 1.16. The zero-order valence-electron chi connectivity index (χ0n) is 10.7. The second kappa shape index (κ2) is 6.68. The van der Waals surface area contributed by atoms with Crippen molar-refractivity contribution in [1.82, 2.24) is 5.32 Å². The lowest BCUT2D eigenvalue weighted by Gasteiger charge is -2.20. The number of benzene rings is 1. The van der Waals surface area contributed by atoms with Crippen molar-refractivity contribution in [1.29, 1.82) is 0 Å². The quantitative estimate of drug-likeness (QED) is 0.748. The van der Waals surface area contributed by atoms with Gasteiger partial charge in [-0.05, 0) is 71.1 Å². The van der Waals surface area contributed by atoms with Crippen LogP contribution >= 0.6 is 33.9 Å². The lowest BCUT2D eigenvalue weighted by molar-refractivity contribution is 0.602. The maximum Gasteiger partial charge on any atom is 0.0684 e. The van der Waals surface area contributed by atoms with Crippen molar-refractivity contribution in [3.63, 3.8) is 0 Å². The van der Waals surface area contributed by atoms with Crippen LogP contribution in [0, 0.1) is 10.5 Å². The summed E-state index contributed by atoms with van der Waals surface area (Å²) in [6, 6.07) is 11.2. The van der Waals surface area contributed by atoms with Gasteiger partial charge in [-0.15, -0.1) is 11.3 Å². The van der Waals surface area contributed by atoms with Crippen molar-refractivity contribution in [3.8, 4) is 0 Å². The molecule has 18 heavy (non-hydrogen) atoms. The molecule has 0 saturated carbocycles. The second-order valence-electron chi connectivity index (χ2n) is 4.38. The van der Waals surface area contributed by atoms with Crippen molar-refractivity contribution in [2.75, 3.05) is 6.54 Å². The number of nitrogens with one attached hydrogen (secondary N) is 1. The molecule has 1 atom stereocenters. The zero-order chi connectivity index (χ0) is 13.0. The largest absolute Gasteiger partial charge is 0.306 e. The summed E-state index contributed by atoms with van der Waals surface area (Å²) >= 11 is 4.27. The average Bonchev–Trinajstić information content (AvgIpc) is 2.78. The molecule has 0 amide bonds. The molecule has 1 heterocycles. The first-order valence-corrected chi connectivity index (χ1v) is 8.21. The molecule has 3 heteroatoms. The van der Waals surface area contributed by atoms with Gasteiger partial charge >= 0.3 is 0 Å². The predicted molar refractivity (Wildman–Crippen MR) is 88.4 cm³/mol. The van der Waals surface area contributed by atoms with Crippen LogP contribution in [0.3, 0.4) is 0 Å². The average molecular weight is 371 g/mol. The Morgan fingerprint density at radius 3 is 2.67 bits per heavy atom. The molecule has 0 saturated heterocycles. The highest BCUT2D eigenvalue weighted by Crippen LogP contribution is 2.31. The van der Waals surface area contributed by atoms with E-state index < -0.39 is 0 Å². The molecule has 0 fully saturated rings. The summed E-state index contributed by atoms with van der Waals surface area (Å²) in [5, 5.41) is 5.86. The van der Waals surface area contributed by atoms with Crippen LogP contribution < -0.4 is 5.32 Å². The van der Waals surface area contributed by atoms with E-state index in [2.05, 4.69) is 77.5 Å². The minimum atomic E-state index is 0.332. The van der Waals surface area contributed by atoms with Crippen LogP contribution in [0.2, 0.25) is 0 Å². The van der Waals surface area contributed by atoms with E-state index in [0.717, 1.165) is 13.0 Å². The van der Waals surface area contributed by atoms with Gasteiger partial charge in [-0.25, -0.2) is 0 Å².